The first-order chi connectivity index (χ1) is 8.13. The zero-order chi connectivity index (χ0) is 11.2. The van der Waals surface area contributed by atoms with Gasteiger partial charge in [-0.1, -0.05) is 12.2 Å². The van der Waals surface area contributed by atoms with Gasteiger partial charge in [0.15, 0.2) is 4.58 Å². The summed E-state index contributed by atoms with van der Waals surface area (Å²) in [6.07, 6.45) is 10.5. The van der Waals surface area contributed by atoms with Crippen molar-refractivity contribution >= 4 is 15.9 Å². The highest BCUT2D eigenvalue weighted by Crippen LogP contribution is 2.92. The van der Waals surface area contributed by atoms with Crippen LogP contribution in [0.5, 0.6) is 0 Å². The minimum Gasteiger partial charge on any atom is -0.231 e. The first kappa shape index (κ1) is 9.12. The van der Waals surface area contributed by atoms with Crippen molar-refractivity contribution < 1.29 is 4.39 Å². The van der Waals surface area contributed by atoms with Gasteiger partial charge in [-0.2, -0.15) is 0 Å². The van der Waals surface area contributed by atoms with Crippen LogP contribution in [0.2, 0.25) is 0 Å². The number of hydrogen-bond donors (Lipinski definition) is 0. The van der Waals surface area contributed by atoms with Crippen LogP contribution in [0.4, 0.5) is 4.39 Å². The summed E-state index contributed by atoms with van der Waals surface area (Å²) >= 11 is 3.42. The molecule has 6 rings (SSSR count). The summed E-state index contributed by atoms with van der Waals surface area (Å²) in [5.74, 6) is 3.91. The van der Waals surface area contributed by atoms with Crippen molar-refractivity contribution in [3.63, 3.8) is 0 Å². The highest BCUT2D eigenvalue weighted by atomic mass is 79.9. The van der Waals surface area contributed by atoms with Crippen LogP contribution in [0.1, 0.15) is 25.7 Å². The molecule has 90 valence electrons. The third-order valence-corrected chi connectivity index (χ3v) is 8.55. The van der Waals surface area contributed by atoms with Crippen LogP contribution in [0, 0.1) is 46.3 Å². The van der Waals surface area contributed by atoms with E-state index < -0.39 is 4.58 Å². The molecule has 2 spiro atoms. The molecule has 0 unspecified atom stereocenters. The molecule has 0 N–H and O–H groups in total. The van der Waals surface area contributed by atoms with E-state index in [0.29, 0.717) is 28.6 Å². The van der Waals surface area contributed by atoms with E-state index in [0.717, 1.165) is 17.8 Å². The average molecular weight is 295 g/mol. The highest BCUT2D eigenvalue weighted by molar-refractivity contribution is 9.10. The van der Waals surface area contributed by atoms with Gasteiger partial charge < -0.3 is 0 Å². The van der Waals surface area contributed by atoms with E-state index in [1.54, 1.807) is 0 Å². The second-order valence-electron chi connectivity index (χ2n) is 7.68. The van der Waals surface area contributed by atoms with E-state index in [1.165, 1.54) is 25.7 Å². The molecule has 0 aromatic heterocycles. The summed E-state index contributed by atoms with van der Waals surface area (Å²) in [7, 11) is 0. The Labute approximate surface area is 109 Å². The Morgan fingerprint density at radius 3 is 2.24 bits per heavy atom. The molecular weight excluding hydrogens is 279 g/mol. The maximum absolute atomic E-state index is 14.6. The summed E-state index contributed by atoms with van der Waals surface area (Å²) in [4.78, 5) is 0. The number of alkyl halides is 2. The SMILES string of the molecule is F[C@]1(Br)[C@H]2[C@@H]3[C@H]([C@@H]4C=C[C@@H]3C43CC3)C3(CC3)[C@H]21. The third kappa shape index (κ3) is 0.676. The van der Waals surface area contributed by atoms with E-state index >= 15 is 0 Å². The van der Waals surface area contributed by atoms with Crippen molar-refractivity contribution in [2.75, 3.05) is 0 Å². The fourth-order valence-corrected chi connectivity index (χ4v) is 8.04. The number of fused-ring (bicyclic) bond motifs is 7. The molecule has 5 saturated carbocycles. The molecule has 0 saturated heterocycles. The Hall–Kier alpha value is 0.150. The largest absolute Gasteiger partial charge is 0.231 e. The molecule has 0 amide bonds. The van der Waals surface area contributed by atoms with Gasteiger partial charge in [-0.25, -0.2) is 4.39 Å². The Kier molecular flexibility index (Phi) is 1.12. The van der Waals surface area contributed by atoms with Crippen molar-refractivity contribution in [3.8, 4) is 0 Å². The Morgan fingerprint density at radius 2 is 1.59 bits per heavy atom. The lowest BCUT2D eigenvalue weighted by Gasteiger charge is -2.31. The molecule has 0 nitrogen and oxygen atoms in total. The average Bonchev–Trinajstić information content (AvgIpc) is 3.13. The van der Waals surface area contributed by atoms with Crippen LogP contribution in [-0.2, 0) is 0 Å². The number of hydrogen-bond acceptors (Lipinski definition) is 0. The van der Waals surface area contributed by atoms with Gasteiger partial charge in [-0.15, -0.1) is 0 Å². The molecule has 7 atom stereocenters. The van der Waals surface area contributed by atoms with Crippen molar-refractivity contribution in [1.29, 1.82) is 0 Å². The van der Waals surface area contributed by atoms with Crippen LogP contribution in [-0.4, -0.2) is 4.58 Å². The van der Waals surface area contributed by atoms with Gasteiger partial charge in [0, 0.05) is 11.8 Å². The normalized spacial score (nSPS) is 68.6. The highest BCUT2D eigenvalue weighted by Gasteiger charge is 2.90. The lowest BCUT2D eigenvalue weighted by Crippen LogP contribution is -2.29. The van der Waals surface area contributed by atoms with E-state index in [4.69, 9.17) is 0 Å². The molecule has 6 aliphatic carbocycles. The number of halogens is 2. The molecule has 17 heavy (non-hydrogen) atoms. The molecule has 2 heteroatoms. The molecule has 0 aliphatic heterocycles. The van der Waals surface area contributed by atoms with Crippen molar-refractivity contribution in [2.24, 2.45) is 46.3 Å². The van der Waals surface area contributed by atoms with Gasteiger partial charge in [0.25, 0.3) is 0 Å². The first-order valence-electron chi connectivity index (χ1n) is 7.19. The van der Waals surface area contributed by atoms with Crippen LogP contribution in [0.15, 0.2) is 12.2 Å². The summed E-state index contributed by atoms with van der Waals surface area (Å²) in [6.45, 7) is 0. The topological polar surface area (TPSA) is 0 Å². The minimum atomic E-state index is -0.973. The van der Waals surface area contributed by atoms with Gasteiger partial charge in [0.05, 0.1) is 0 Å². The van der Waals surface area contributed by atoms with Crippen molar-refractivity contribution in [1.82, 2.24) is 0 Å². The first-order valence-corrected chi connectivity index (χ1v) is 7.98. The summed E-state index contributed by atoms with van der Waals surface area (Å²) in [5.41, 5.74) is 1.08. The molecule has 0 aromatic rings. The van der Waals surface area contributed by atoms with Crippen LogP contribution < -0.4 is 0 Å². The monoisotopic (exact) mass is 294 g/mol. The van der Waals surface area contributed by atoms with Crippen LogP contribution in [0.3, 0.4) is 0 Å². The number of rotatable bonds is 0. The zero-order valence-electron chi connectivity index (χ0n) is 9.70. The molecular formula is C15H16BrF. The van der Waals surface area contributed by atoms with E-state index in [9.17, 15) is 4.39 Å². The maximum atomic E-state index is 14.6. The Balaban J connectivity index is 1.57. The van der Waals surface area contributed by atoms with Crippen LogP contribution in [0.25, 0.3) is 0 Å². The summed E-state index contributed by atoms with van der Waals surface area (Å²) in [5, 5.41) is 0. The third-order valence-electron chi connectivity index (χ3n) is 7.53. The zero-order valence-corrected chi connectivity index (χ0v) is 11.3. The fraction of sp³-hybridized carbons (Fsp3) is 0.867. The second-order valence-corrected chi connectivity index (χ2v) is 8.90. The second kappa shape index (κ2) is 2.09. The van der Waals surface area contributed by atoms with Gasteiger partial charge in [-0.05, 0) is 76.1 Å². The lowest BCUT2D eigenvalue weighted by molar-refractivity contribution is 0.165. The van der Waals surface area contributed by atoms with Gasteiger partial charge in [-0.3, -0.25) is 0 Å². The number of allylic oxidation sites excluding steroid dienone is 2. The Morgan fingerprint density at radius 1 is 0.941 bits per heavy atom. The van der Waals surface area contributed by atoms with Crippen molar-refractivity contribution in [3.05, 3.63) is 12.2 Å². The van der Waals surface area contributed by atoms with Crippen LogP contribution >= 0.6 is 15.9 Å². The van der Waals surface area contributed by atoms with Gasteiger partial charge >= 0.3 is 0 Å². The minimum absolute atomic E-state index is 0.368. The summed E-state index contributed by atoms with van der Waals surface area (Å²) in [6, 6.07) is 0. The van der Waals surface area contributed by atoms with Gasteiger partial charge in [0.2, 0.25) is 0 Å². The smallest absolute Gasteiger partial charge is 0.172 e. The molecule has 2 bridgehead atoms. The standard InChI is InChI=1S/C15H16BrF/c16-15(17)11-9-7-1-2-8(13(7)3-4-13)10(9)14(5-6-14)12(11)15/h1-2,7-12H,3-6H2/t7-,8-,9-,10-,11-,12-,15+/m0/s1. The predicted octanol–water partition coefficient (Wildman–Crippen LogP) is 3.92. The quantitative estimate of drug-likeness (QED) is 0.469. The predicted molar refractivity (Wildman–Crippen MR) is 66.2 cm³/mol. The van der Waals surface area contributed by atoms with Gasteiger partial charge in [0.1, 0.15) is 0 Å². The molecule has 0 heterocycles. The van der Waals surface area contributed by atoms with E-state index in [1.807, 2.05) is 0 Å². The maximum Gasteiger partial charge on any atom is 0.172 e. The van der Waals surface area contributed by atoms with E-state index in [-0.39, 0.29) is 0 Å². The molecule has 0 radical (unpaired) electrons. The molecule has 6 aliphatic rings. The molecule has 0 aromatic carbocycles. The fourth-order valence-electron chi connectivity index (χ4n) is 6.86. The lowest BCUT2D eigenvalue weighted by atomic mass is 9.74. The van der Waals surface area contributed by atoms with E-state index in [2.05, 4.69) is 28.1 Å². The Bertz CT molecular complexity index is 485. The summed E-state index contributed by atoms with van der Waals surface area (Å²) < 4.78 is 13.6. The van der Waals surface area contributed by atoms with Crippen molar-refractivity contribution in [2.45, 2.75) is 30.3 Å². The molecule has 5 fully saturated rings.